The number of carbonyl (C=O) groups excluding carboxylic acids is 1. The molecule has 3 aromatic carbocycles. The Morgan fingerprint density at radius 1 is 1.11 bits per heavy atom. The second-order valence-electron chi connectivity index (χ2n) is 7.49. The molecule has 190 valence electrons. The highest BCUT2D eigenvalue weighted by Gasteiger charge is 2.29. The first-order chi connectivity index (χ1) is 17.1. The maximum absolute atomic E-state index is 13.6. The Kier molecular flexibility index (Phi) is 8.83. The van der Waals surface area contributed by atoms with E-state index >= 15 is 0 Å². The third-order valence-electron chi connectivity index (χ3n) is 4.98. The van der Waals surface area contributed by atoms with Gasteiger partial charge in [0, 0.05) is 5.02 Å². The third kappa shape index (κ3) is 6.28. The van der Waals surface area contributed by atoms with E-state index in [1.54, 1.807) is 24.3 Å². The molecule has 9 nitrogen and oxygen atoms in total. The van der Waals surface area contributed by atoms with Gasteiger partial charge >= 0.3 is 0 Å². The van der Waals surface area contributed by atoms with Crippen LogP contribution in [-0.4, -0.2) is 46.4 Å². The predicted octanol–water partition coefficient (Wildman–Crippen LogP) is 4.48. The van der Waals surface area contributed by atoms with Gasteiger partial charge in [-0.1, -0.05) is 29.3 Å². The fourth-order valence-electron chi connectivity index (χ4n) is 3.16. The van der Waals surface area contributed by atoms with E-state index in [-0.39, 0.29) is 32.9 Å². The van der Waals surface area contributed by atoms with Gasteiger partial charge < -0.3 is 14.6 Å². The number of hydrogen-bond acceptors (Lipinski definition) is 7. The van der Waals surface area contributed by atoms with E-state index in [1.807, 2.05) is 6.92 Å². The number of benzene rings is 3. The summed E-state index contributed by atoms with van der Waals surface area (Å²) >= 11 is 9.35. The number of sulfonamides is 1. The quantitative estimate of drug-likeness (QED) is 0.278. The molecule has 0 unspecified atom stereocenters. The monoisotopic (exact) mass is 595 g/mol. The van der Waals surface area contributed by atoms with Crippen LogP contribution in [0.2, 0.25) is 5.02 Å². The van der Waals surface area contributed by atoms with Crippen molar-refractivity contribution in [3.8, 4) is 17.2 Å². The van der Waals surface area contributed by atoms with Crippen LogP contribution in [0.25, 0.3) is 0 Å². The fourth-order valence-corrected chi connectivity index (χ4v) is 5.21. The van der Waals surface area contributed by atoms with Crippen molar-refractivity contribution in [2.45, 2.75) is 11.8 Å². The molecule has 0 heterocycles. The molecule has 12 heteroatoms. The molecule has 0 bridgehead atoms. The molecule has 0 saturated heterocycles. The topological polar surface area (TPSA) is 118 Å². The van der Waals surface area contributed by atoms with E-state index in [0.717, 1.165) is 9.87 Å². The molecule has 0 saturated carbocycles. The van der Waals surface area contributed by atoms with Crippen LogP contribution in [0, 0.1) is 6.92 Å². The summed E-state index contributed by atoms with van der Waals surface area (Å²) in [4.78, 5) is 12.8. The molecule has 3 rings (SSSR count). The first-order valence-corrected chi connectivity index (χ1v) is 13.0. The van der Waals surface area contributed by atoms with Crippen LogP contribution in [-0.2, 0) is 14.8 Å². The molecule has 0 aromatic heterocycles. The number of carbonyl (C=O) groups is 1. The molecule has 0 fully saturated rings. The van der Waals surface area contributed by atoms with Crippen molar-refractivity contribution in [3.63, 3.8) is 0 Å². The zero-order chi connectivity index (χ0) is 26.5. The molecule has 0 atom stereocenters. The van der Waals surface area contributed by atoms with Crippen LogP contribution in [0.1, 0.15) is 11.1 Å². The first kappa shape index (κ1) is 27.3. The van der Waals surface area contributed by atoms with E-state index in [9.17, 15) is 18.3 Å². The number of nitrogens with one attached hydrogen (secondary N) is 1. The van der Waals surface area contributed by atoms with Crippen LogP contribution in [0.4, 0.5) is 5.69 Å². The fraction of sp³-hybridized carbons (Fsp3) is 0.167. The van der Waals surface area contributed by atoms with Crippen molar-refractivity contribution < 1.29 is 27.8 Å². The lowest BCUT2D eigenvalue weighted by Gasteiger charge is -2.25. The Morgan fingerprint density at radius 2 is 1.78 bits per heavy atom. The van der Waals surface area contributed by atoms with Gasteiger partial charge in [0.15, 0.2) is 11.5 Å². The van der Waals surface area contributed by atoms with Gasteiger partial charge in [-0.3, -0.25) is 9.10 Å². The largest absolute Gasteiger partial charge is 0.503 e. The molecule has 1 amide bonds. The summed E-state index contributed by atoms with van der Waals surface area (Å²) in [6.45, 7) is 1.23. The average molecular weight is 597 g/mol. The summed E-state index contributed by atoms with van der Waals surface area (Å²) in [5, 5.41) is 14.1. The molecule has 0 aliphatic carbocycles. The molecule has 3 aromatic rings. The summed E-state index contributed by atoms with van der Waals surface area (Å²) in [6.07, 6.45) is 1.32. The predicted molar refractivity (Wildman–Crippen MR) is 142 cm³/mol. The number of amides is 1. The van der Waals surface area contributed by atoms with E-state index in [1.165, 1.54) is 50.8 Å². The summed E-state index contributed by atoms with van der Waals surface area (Å²) in [7, 11) is -1.39. The Morgan fingerprint density at radius 3 is 2.42 bits per heavy atom. The SMILES string of the molecule is COc1ccc(Cl)cc1N(CC(=O)N/N=C\c1cc(Br)c(O)c(OC)c1)S(=O)(=O)c1ccc(C)cc1. The molecular formula is C24H23BrClN3O6S. The Hall–Kier alpha value is -3.28. The Labute approximate surface area is 222 Å². The second kappa shape index (κ2) is 11.6. The Bertz CT molecular complexity index is 1400. The molecule has 0 radical (unpaired) electrons. The number of aromatic hydroxyl groups is 1. The van der Waals surface area contributed by atoms with Crippen molar-refractivity contribution in [2.75, 3.05) is 25.1 Å². The van der Waals surface area contributed by atoms with Gasteiger partial charge in [-0.05, 0) is 70.9 Å². The van der Waals surface area contributed by atoms with Gasteiger partial charge in [0.05, 0.1) is 35.5 Å². The smallest absolute Gasteiger partial charge is 0.264 e. The van der Waals surface area contributed by atoms with Gasteiger partial charge in [-0.2, -0.15) is 5.10 Å². The number of methoxy groups -OCH3 is 2. The highest BCUT2D eigenvalue weighted by Crippen LogP contribution is 2.35. The normalized spacial score (nSPS) is 11.4. The molecule has 0 spiro atoms. The zero-order valence-corrected chi connectivity index (χ0v) is 22.7. The van der Waals surface area contributed by atoms with Crippen LogP contribution in [0.5, 0.6) is 17.2 Å². The highest BCUT2D eigenvalue weighted by molar-refractivity contribution is 9.10. The Balaban J connectivity index is 1.91. The lowest BCUT2D eigenvalue weighted by Crippen LogP contribution is -2.39. The van der Waals surface area contributed by atoms with Gasteiger partial charge in [0.2, 0.25) is 0 Å². The zero-order valence-electron chi connectivity index (χ0n) is 19.5. The van der Waals surface area contributed by atoms with Crippen molar-refractivity contribution in [2.24, 2.45) is 5.10 Å². The maximum Gasteiger partial charge on any atom is 0.264 e. The molecule has 0 aliphatic rings. The lowest BCUT2D eigenvalue weighted by atomic mass is 10.2. The van der Waals surface area contributed by atoms with E-state index in [4.69, 9.17) is 21.1 Å². The van der Waals surface area contributed by atoms with Crippen molar-refractivity contribution in [1.29, 1.82) is 0 Å². The van der Waals surface area contributed by atoms with Crippen molar-refractivity contribution in [1.82, 2.24) is 5.43 Å². The van der Waals surface area contributed by atoms with Gasteiger partial charge in [-0.25, -0.2) is 13.8 Å². The van der Waals surface area contributed by atoms with E-state index in [2.05, 4.69) is 26.5 Å². The molecular weight excluding hydrogens is 574 g/mol. The number of aryl methyl sites for hydroxylation is 1. The van der Waals surface area contributed by atoms with Crippen LogP contribution >= 0.6 is 27.5 Å². The number of hydrogen-bond donors (Lipinski definition) is 2. The standard InChI is InChI=1S/C24H23BrClN3O6S/c1-15-4-7-18(8-5-15)36(32,33)29(20-12-17(26)6-9-21(20)34-2)14-23(30)28-27-13-16-10-19(25)24(31)22(11-16)35-3/h4-13,31H,14H2,1-3H3,(H,28,30)/b27-13-. The minimum Gasteiger partial charge on any atom is -0.503 e. The second-order valence-corrected chi connectivity index (χ2v) is 10.6. The molecule has 36 heavy (non-hydrogen) atoms. The number of halogens is 2. The van der Waals surface area contributed by atoms with Gasteiger partial charge in [0.1, 0.15) is 12.3 Å². The summed E-state index contributed by atoms with van der Waals surface area (Å²) in [5.41, 5.74) is 3.81. The maximum atomic E-state index is 13.6. The van der Waals surface area contributed by atoms with E-state index < -0.39 is 22.5 Å². The number of nitrogens with zero attached hydrogens (tertiary/aromatic N) is 2. The minimum atomic E-state index is -4.18. The number of phenolic OH excluding ortho intramolecular Hbond substituents is 1. The molecule has 2 N–H and O–H groups in total. The minimum absolute atomic E-state index is 0.00697. The summed E-state index contributed by atoms with van der Waals surface area (Å²) in [6, 6.07) is 13.8. The molecule has 0 aliphatic heterocycles. The van der Waals surface area contributed by atoms with Crippen molar-refractivity contribution >= 4 is 55.4 Å². The summed E-state index contributed by atoms with van der Waals surface area (Å²) < 4.78 is 38.8. The number of hydrazone groups is 1. The van der Waals surface area contributed by atoms with Crippen LogP contribution in [0.3, 0.4) is 0 Å². The summed E-state index contributed by atoms with van der Waals surface area (Å²) in [5.74, 6) is -0.368. The number of rotatable bonds is 9. The average Bonchev–Trinajstić information content (AvgIpc) is 2.84. The van der Waals surface area contributed by atoms with Crippen LogP contribution in [0.15, 0.2) is 69.1 Å². The lowest BCUT2D eigenvalue weighted by molar-refractivity contribution is -0.119. The number of anilines is 1. The number of phenols is 1. The van der Waals surface area contributed by atoms with Crippen LogP contribution < -0.4 is 19.2 Å². The van der Waals surface area contributed by atoms with Gasteiger partial charge in [-0.15, -0.1) is 0 Å². The van der Waals surface area contributed by atoms with E-state index in [0.29, 0.717) is 10.0 Å². The highest BCUT2D eigenvalue weighted by atomic mass is 79.9. The first-order valence-electron chi connectivity index (χ1n) is 10.4. The number of ether oxygens (including phenoxy) is 2. The van der Waals surface area contributed by atoms with Gasteiger partial charge in [0.25, 0.3) is 15.9 Å². The van der Waals surface area contributed by atoms with Crippen molar-refractivity contribution in [3.05, 3.63) is 75.2 Å². The third-order valence-corrected chi connectivity index (χ3v) is 7.59.